The van der Waals surface area contributed by atoms with Crippen LogP contribution in [-0.2, 0) is 16.1 Å². The van der Waals surface area contributed by atoms with Crippen molar-refractivity contribution in [2.75, 3.05) is 7.11 Å². The van der Waals surface area contributed by atoms with E-state index in [4.69, 9.17) is 4.74 Å². The van der Waals surface area contributed by atoms with Gasteiger partial charge in [-0.15, -0.1) is 11.3 Å². The minimum absolute atomic E-state index is 0.0759. The smallest absolute Gasteiger partial charge is 0.324 e. The van der Waals surface area contributed by atoms with Crippen molar-refractivity contribution in [3.8, 4) is 0 Å². The first-order chi connectivity index (χ1) is 7.66. The highest BCUT2D eigenvalue weighted by Crippen LogP contribution is 2.35. The molecule has 0 aromatic carbocycles. The maximum absolute atomic E-state index is 11.2. The SMILES string of the molecule is COC1CC(NCc2cccs2)(C(=O)O)C1. The minimum atomic E-state index is -0.787. The van der Waals surface area contributed by atoms with Crippen LogP contribution in [0.3, 0.4) is 0 Å². The van der Waals surface area contributed by atoms with E-state index in [0.29, 0.717) is 19.4 Å². The molecule has 16 heavy (non-hydrogen) atoms. The molecular weight excluding hydrogens is 226 g/mol. The number of nitrogens with one attached hydrogen (secondary N) is 1. The standard InChI is InChI=1S/C11H15NO3S/c1-15-8-5-11(6-8,10(13)14)12-7-9-3-2-4-16-9/h2-4,8,12H,5-7H2,1H3,(H,13,14). The molecule has 1 aliphatic carbocycles. The number of aliphatic carboxylic acids is 1. The fourth-order valence-electron chi connectivity index (χ4n) is 1.95. The molecule has 0 amide bonds. The number of carboxylic acid groups (broad SMARTS) is 1. The second-order valence-electron chi connectivity index (χ2n) is 4.09. The van der Waals surface area contributed by atoms with Crippen molar-refractivity contribution >= 4 is 17.3 Å². The fraction of sp³-hybridized carbons (Fsp3) is 0.545. The van der Waals surface area contributed by atoms with Gasteiger partial charge in [0, 0.05) is 31.4 Å². The average Bonchev–Trinajstić information content (AvgIpc) is 2.68. The van der Waals surface area contributed by atoms with E-state index in [1.54, 1.807) is 18.4 Å². The van der Waals surface area contributed by atoms with E-state index in [1.807, 2.05) is 17.5 Å². The molecule has 5 heteroatoms. The number of carboxylic acids is 1. The third-order valence-corrected chi connectivity index (χ3v) is 3.95. The van der Waals surface area contributed by atoms with Gasteiger partial charge in [0.1, 0.15) is 5.54 Å². The van der Waals surface area contributed by atoms with Crippen LogP contribution in [0.4, 0.5) is 0 Å². The van der Waals surface area contributed by atoms with E-state index in [0.717, 1.165) is 4.88 Å². The van der Waals surface area contributed by atoms with Crippen LogP contribution in [0.2, 0.25) is 0 Å². The molecule has 1 aliphatic rings. The Morgan fingerprint density at radius 2 is 2.50 bits per heavy atom. The summed E-state index contributed by atoms with van der Waals surface area (Å²) in [6.07, 6.45) is 1.17. The molecule has 1 aromatic heterocycles. The van der Waals surface area contributed by atoms with Crippen LogP contribution < -0.4 is 5.32 Å². The summed E-state index contributed by atoms with van der Waals surface area (Å²) in [4.78, 5) is 12.4. The zero-order valence-corrected chi connectivity index (χ0v) is 9.92. The lowest BCUT2D eigenvalue weighted by molar-refractivity contribution is -0.156. The molecule has 0 spiro atoms. The van der Waals surface area contributed by atoms with Gasteiger partial charge in [-0.1, -0.05) is 6.07 Å². The van der Waals surface area contributed by atoms with Gasteiger partial charge in [-0.2, -0.15) is 0 Å². The first-order valence-corrected chi connectivity index (χ1v) is 6.08. The predicted molar refractivity (Wildman–Crippen MR) is 61.6 cm³/mol. The minimum Gasteiger partial charge on any atom is -0.480 e. The van der Waals surface area contributed by atoms with Crippen molar-refractivity contribution in [1.82, 2.24) is 5.32 Å². The van der Waals surface area contributed by atoms with Gasteiger partial charge in [0.2, 0.25) is 0 Å². The summed E-state index contributed by atoms with van der Waals surface area (Å²) in [6.45, 7) is 0.612. The summed E-state index contributed by atoms with van der Waals surface area (Å²) in [5.41, 5.74) is -0.787. The Kier molecular flexibility index (Phi) is 3.28. The molecule has 1 fully saturated rings. The Morgan fingerprint density at radius 1 is 1.75 bits per heavy atom. The van der Waals surface area contributed by atoms with Crippen molar-refractivity contribution < 1.29 is 14.6 Å². The maximum Gasteiger partial charge on any atom is 0.324 e. The van der Waals surface area contributed by atoms with Gasteiger partial charge in [-0.05, 0) is 11.4 Å². The Hall–Kier alpha value is -0.910. The predicted octanol–water partition coefficient (Wildman–Crippen LogP) is 1.47. The topological polar surface area (TPSA) is 58.6 Å². The molecule has 1 heterocycles. The Balaban J connectivity index is 1.92. The molecule has 0 atom stereocenters. The molecule has 2 N–H and O–H groups in total. The Labute approximate surface area is 98.2 Å². The highest BCUT2D eigenvalue weighted by molar-refractivity contribution is 7.09. The van der Waals surface area contributed by atoms with Crippen LogP contribution in [0.1, 0.15) is 17.7 Å². The van der Waals surface area contributed by atoms with E-state index >= 15 is 0 Å². The fourth-order valence-corrected chi connectivity index (χ4v) is 2.59. The molecule has 0 aliphatic heterocycles. The van der Waals surface area contributed by atoms with Crippen molar-refractivity contribution in [3.63, 3.8) is 0 Å². The van der Waals surface area contributed by atoms with Gasteiger partial charge in [-0.3, -0.25) is 10.1 Å². The lowest BCUT2D eigenvalue weighted by Crippen LogP contribution is -2.62. The van der Waals surface area contributed by atoms with Crippen molar-refractivity contribution in [1.29, 1.82) is 0 Å². The first kappa shape index (κ1) is 11.6. The van der Waals surface area contributed by atoms with Crippen LogP contribution in [-0.4, -0.2) is 29.8 Å². The van der Waals surface area contributed by atoms with E-state index in [2.05, 4.69) is 5.32 Å². The van der Waals surface area contributed by atoms with E-state index < -0.39 is 11.5 Å². The molecule has 88 valence electrons. The number of carbonyl (C=O) groups is 1. The van der Waals surface area contributed by atoms with Gasteiger partial charge in [-0.25, -0.2) is 0 Å². The van der Waals surface area contributed by atoms with E-state index in [9.17, 15) is 9.90 Å². The number of thiophene rings is 1. The number of hydrogen-bond donors (Lipinski definition) is 2. The zero-order chi connectivity index (χ0) is 11.6. The van der Waals surface area contributed by atoms with Crippen LogP contribution in [0.15, 0.2) is 17.5 Å². The molecule has 0 radical (unpaired) electrons. The maximum atomic E-state index is 11.2. The molecule has 4 nitrogen and oxygen atoms in total. The normalized spacial score (nSPS) is 28.7. The second-order valence-corrected chi connectivity index (χ2v) is 5.12. The largest absolute Gasteiger partial charge is 0.480 e. The van der Waals surface area contributed by atoms with Crippen LogP contribution in [0.5, 0.6) is 0 Å². The first-order valence-electron chi connectivity index (χ1n) is 5.20. The monoisotopic (exact) mass is 241 g/mol. The number of hydrogen-bond acceptors (Lipinski definition) is 4. The summed E-state index contributed by atoms with van der Waals surface area (Å²) in [5, 5.41) is 14.3. The van der Waals surface area contributed by atoms with Crippen LogP contribution >= 0.6 is 11.3 Å². The molecule has 2 rings (SSSR count). The number of ether oxygens (including phenoxy) is 1. The molecule has 1 saturated carbocycles. The van der Waals surface area contributed by atoms with Crippen molar-refractivity contribution in [2.24, 2.45) is 0 Å². The summed E-state index contributed by atoms with van der Waals surface area (Å²) < 4.78 is 5.13. The highest BCUT2D eigenvalue weighted by atomic mass is 32.1. The van der Waals surface area contributed by atoms with Gasteiger partial charge in [0.15, 0.2) is 0 Å². The highest BCUT2D eigenvalue weighted by Gasteiger charge is 2.50. The van der Waals surface area contributed by atoms with E-state index in [-0.39, 0.29) is 6.10 Å². The van der Waals surface area contributed by atoms with Gasteiger partial charge in [0.05, 0.1) is 6.10 Å². The van der Waals surface area contributed by atoms with E-state index in [1.165, 1.54) is 0 Å². The molecular formula is C11H15NO3S. The molecule has 0 bridgehead atoms. The van der Waals surface area contributed by atoms with Gasteiger partial charge in [0.25, 0.3) is 0 Å². The third kappa shape index (κ3) is 2.11. The lowest BCUT2D eigenvalue weighted by atomic mass is 9.74. The Bertz CT molecular complexity index is 357. The van der Waals surface area contributed by atoms with Gasteiger partial charge >= 0.3 is 5.97 Å². The zero-order valence-electron chi connectivity index (χ0n) is 9.10. The molecule has 0 unspecified atom stereocenters. The van der Waals surface area contributed by atoms with Crippen molar-refractivity contribution in [2.45, 2.75) is 31.0 Å². The molecule has 1 aromatic rings. The average molecular weight is 241 g/mol. The van der Waals surface area contributed by atoms with Gasteiger partial charge < -0.3 is 9.84 Å². The molecule has 0 saturated heterocycles. The number of methoxy groups -OCH3 is 1. The van der Waals surface area contributed by atoms with Crippen LogP contribution in [0.25, 0.3) is 0 Å². The summed E-state index contributed by atoms with van der Waals surface area (Å²) >= 11 is 1.63. The van der Waals surface area contributed by atoms with Crippen LogP contribution in [0, 0.1) is 0 Å². The lowest BCUT2D eigenvalue weighted by Gasteiger charge is -2.44. The second kappa shape index (κ2) is 4.53. The summed E-state index contributed by atoms with van der Waals surface area (Å²) in [6, 6.07) is 3.97. The Morgan fingerprint density at radius 3 is 3.00 bits per heavy atom. The summed E-state index contributed by atoms with van der Waals surface area (Å²) in [7, 11) is 1.62. The number of rotatable bonds is 5. The third-order valence-electron chi connectivity index (χ3n) is 3.08. The van der Waals surface area contributed by atoms with Crippen molar-refractivity contribution in [3.05, 3.63) is 22.4 Å². The summed E-state index contributed by atoms with van der Waals surface area (Å²) in [5.74, 6) is -0.780. The quantitative estimate of drug-likeness (QED) is 0.819.